The highest BCUT2D eigenvalue weighted by molar-refractivity contribution is 7.80. The first-order chi connectivity index (χ1) is 3.66. The van der Waals surface area contributed by atoms with Crippen LogP contribution < -0.4 is 5.32 Å². The summed E-state index contributed by atoms with van der Waals surface area (Å²) in [5.41, 5.74) is 0. The number of carbonyl (C=O) groups excluding carboxylic acids is 1. The standard InChI is InChI=1S/C4H9NO2S/c1-3(7)5-4(8)2-6/h4,6,8H,2H2,1H3,(H,5,7). The quantitative estimate of drug-likeness (QED) is 0.349. The molecule has 0 radical (unpaired) electrons. The molecule has 0 saturated carbocycles. The lowest BCUT2D eigenvalue weighted by Crippen LogP contribution is -2.31. The Kier molecular flexibility index (Phi) is 3.64. The normalized spacial score (nSPS) is 12.9. The van der Waals surface area contributed by atoms with Crippen molar-refractivity contribution in [3.05, 3.63) is 0 Å². The molecule has 0 saturated heterocycles. The molecule has 0 aromatic rings. The Labute approximate surface area is 53.5 Å². The first-order valence-corrected chi connectivity index (χ1v) is 2.74. The molecular weight excluding hydrogens is 126 g/mol. The molecular formula is C4H9NO2S. The van der Waals surface area contributed by atoms with E-state index in [0.717, 1.165) is 0 Å². The van der Waals surface area contributed by atoms with Gasteiger partial charge in [-0.05, 0) is 0 Å². The van der Waals surface area contributed by atoms with Crippen LogP contribution in [0.1, 0.15) is 6.92 Å². The van der Waals surface area contributed by atoms with Crippen LogP contribution in [0.2, 0.25) is 0 Å². The van der Waals surface area contributed by atoms with Gasteiger partial charge in [-0.25, -0.2) is 0 Å². The zero-order chi connectivity index (χ0) is 6.57. The molecule has 2 N–H and O–H groups in total. The number of nitrogens with one attached hydrogen (secondary N) is 1. The van der Waals surface area contributed by atoms with E-state index < -0.39 is 5.37 Å². The van der Waals surface area contributed by atoms with Gasteiger partial charge in [0.15, 0.2) is 0 Å². The monoisotopic (exact) mass is 135 g/mol. The SMILES string of the molecule is CC(=O)NC(S)CO. The minimum absolute atomic E-state index is 0.136. The Morgan fingerprint density at radius 1 is 2.00 bits per heavy atom. The van der Waals surface area contributed by atoms with Crippen LogP contribution in [0.15, 0.2) is 0 Å². The lowest BCUT2D eigenvalue weighted by atomic mass is 10.6. The molecule has 1 amide bonds. The van der Waals surface area contributed by atoms with Gasteiger partial charge in [0.1, 0.15) is 0 Å². The molecule has 0 heterocycles. The van der Waals surface area contributed by atoms with Gasteiger partial charge in [-0.1, -0.05) is 0 Å². The molecule has 0 rings (SSSR count). The zero-order valence-corrected chi connectivity index (χ0v) is 5.48. The van der Waals surface area contributed by atoms with Crippen LogP contribution in [0.25, 0.3) is 0 Å². The smallest absolute Gasteiger partial charge is 0.217 e. The second kappa shape index (κ2) is 3.74. The van der Waals surface area contributed by atoms with Gasteiger partial charge in [0.2, 0.25) is 5.91 Å². The van der Waals surface area contributed by atoms with Crippen LogP contribution in [0.5, 0.6) is 0 Å². The molecule has 0 aliphatic rings. The van der Waals surface area contributed by atoms with Crippen molar-refractivity contribution in [2.45, 2.75) is 12.3 Å². The second-order valence-electron chi connectivity index (χ2n) is 1.40. The average Bonchev–Trinajstić information content (AvgIpc) is 1.65. The summed E-state index contributed by atoms with van der Waals surface area (Å²) in [6.45, 7) is 1.24. The van der Waals surface area contributed by atoms with Gasteiger partial charge in [0, 0.05) is 6.92 Å². The Balaban J connectivity index is 3.24. The van der Waals surface area contributed by atoms with Crippen molar-refractivity contribution < 1.29 is 9.90 Å². The Morgan fingerprint density at radius 2 is 2.50 bits per heavy atom. The summed E-state index contributed by atoms with van der Waals surface area (Å²) < 4.78 is 0. The van der Waals surface area contributed by atoms with Gasteiger partial charge in [0.25, 0.3) is 0 Å². The Hall–Kier alpha value is -0.220. The maximum Gasteiger partial charge on any atom is 0.217 e. The lowest BCUT2D eigenvalue weighted by Gasteiger charge is -2.05. The maximum atomic E-state index is 10.1. The number of thiol groups is 1. The maximum absolute atomic E-state index is 10.1. The van der Waals surface area contributed by atoms with Crippen LogP contribution in [-0.2, 0) is 4.79 Å². The van der Waals surface area contributed by atoms with Crippen molar-refractivity contribution in [1.82, 2.24) is 5.32 Å². The number of amides is 1. The van der Waals surface area contributed by atoms with Gasteiger partial charge in [-0.3, -0.25) is 4.79 Å². The number of aliphatic hydroxyl groups excluding tert-OH is 1. The van der Waals surface area contributed by atoms with E-state index >= 15 is 0 Å². The van der Waals surface area contributed by atoms with Gasteiger partial charge < -0.3 is 10.4 Å². The van der Waals surface area contributed by atoms with Crippen molar-refractivity contribution in [1.29, 1.82) is 0 Å². The van der Waals surface area contributed by atoms with E-state index in [9.17, 15) is 4.79 Å². The summed E-state index contributed by atoms with van der Waals surface area (Å²) in [4.78, 5) is 10.1. The fraction of sp³-hybridized carbons (Fsp3) is 0.750. The summed E-state index contributed by atoms with van der Waals surface area (Å²) in [7, 11) is 0. The van der Waals surface area contributed by atoms with E-state index in [1.54, 1.807) is 0 Å². The van der Waals surface area contributed by atoms with E-state index in [0.29, 0.717) is 0 Å². The van der Waals surface area contributed by atoms with E-state index in [2.05, 4.69) is 17.9 Å². The number of rotatable bonds is 2. The fourth-order valence-corrected chi connectivity index (χ4v) is 0.462. The summed E-state index contributed by atoms with van der Waals surface area (Å²) in [5.74, 6) is -0.181. The summed E-state index contributed by atoms with van der Waals surface area (Å²) >= 11 is 3.79. The van der Waals surface area contributed by atoms with Gasteiger partial charge in [0.05, 0.1) is 12.0 Å². The highest BCUT2D eigenvalue weighted by atomic mass is 32.1. The highest BCUT2D eigenvalue weighted by Gasteiger charge is 1.98. The van der Waals surface area contributed by atoms with Crippen molar-refractivity contribution in [2.75, 3.05) is 6.61 Å². The molecule has 1 unspecified atom stereocenters. The molecule has 0 bridgehead atoms. The van der Waals surface area contributed by atoms with Gasteiger partial charge in [-0.2, -0.15) is 12.6 Å². The van der Waals surface area contributed by atoms with E-state index in [1.807, 2.05) is 0 Å². The van der Waals surface area contributed by atoms with Crippen molar-refractivity contribution in [3.8, 4) is 0 Å². The summed E-state index contributed by atoms with van der Waals surface area (Å²) in [6, 6.07) is 0. The third-order valence-electron chi connectivity index (χ3n) is 0.543. The molecule has 3 nitrogen and oxygen atoms in total. The molecule has 1 atom stereocenters. The van der Waals surface area contributed by atoms with E-state index in [1.165, 1.54) is 6.92 Å². The average molecular weight is 135 g/mol. The third kappa shape index (κ3) is 3.95. The largest absolute Gasteiger partial charge is 0.393 e. The predicted molar refractivity (Wildman–Crippen MR) is 33.7 cm³/mol. The summed E-state index contributed by atoms with van der Waals surface area (Å²) in [6.07, 6.45) is 0. The molecule has 4 heteroatoms. The predicted octanol–water partition coefficient (Wildman–Crippen LogP) is -0.629. The minimum atomic E-state index is -0.424. The van der Waals surface area contributed by atoms with Crippen molar-refractivity contribution in [2.24, 2.45) is 0 Å². The molecule has 0 aliphatic carbocycles. The van der Waals surface area contributed by atoms with Crippen LogP contribution in [0, 0.1) is 0 Å². The van der Waals surface area contributed by atoms with Crippen LogP contribution in [0.4, 0.5) is 0 Å². The fourth-order valence-electron chi connectivity index (χ4n) is 0.280. The number of carbonyl (C=O) groups is 1. The lowest BCUT2D eigenvalue weighted by molar-refractivity contribution is -0.119. The van der Waals surface area contributed by atoms with Crippen LogP contribution in [0.3, 0.4) is 0 Å². The first kappa shape index (κ1) is 7.78. The first-order valence-electron chi connectivity index (χ1n) is 2.23. The highest BCUT2D eigenvalue weighted by Crippen LogP contribution is 1.84. The number of hydrogen-bond acceptors (Lipinski definition) is 3. The van der Waals surface area contributed by atoms with Crippen molar-refractivity contribution in [3.63, 3.8) is 0 Å². The van der Waals surface area contributed by atoms with E-state index in [4.69, 9.17) is 5.11 Å². The van der Waals surface area contributed by atoms with Gasteiger partial charge in [-0.15, -0.1) is 0 Å². The molecule has 0 spiro atoms. The molecule has 48 valence electrons. The van der Waals surface area contributed by atoms with Crippen LogP contribution in [-0.4, -0.2) is 23.0 Å². The van der Waals surface area contributed by atoms with Crippen LogP contribution >= 0.6 is 12.6 Å². The molecule has 0 fully saturated rings. The Morgan fingerprint density at radius 3 is 2.62 bits per heavy atom. The van der Waals surface area contributed by atoms with Crippen molar-refractivity contribution >= 4 is 18.5 Å². The second-order valence-corrected chi connectivity index (χ2v) is 2.02. The van der Waals surface area contributed by atoms with Gasteiger partial charge >= 0.3 is 0 Å². The third-order valence-corrected chi connectivity index (χ3v) is 0.835. The number of hydrogen-bond donors (Lipinski definition) is 3. The minimum Gasteiger partial charge on any atom is -0.393 e. The zero-order valence-electron chi connectivity index (χ0n) is 4.59. The summed E-state index contributed by atoms with van der Waals surface area (Å²) in [5, 5.41) is 10.2. The topological polar surface area (TPSA) is 49.3 Å². The molecule has 0 aliphatic heterocycles. The molecule has 0 aromatic heterocycles. The number of aliphatic hydroxyl groups is 1. The van der Waals surface area contributed by atoms with E-state index in [-0.39, 0.29) is 12.5 Å². The Bertz CT molecular complexity index is 86.1. The molecule has 8 heavy (non-hydrogen) atoms. The molecule has 0 aromatic carbocycles.